The third kappa shape index (κ3) is 4.31. The van der Waals surface area contributed by atoms with E-state index in [0.717, 1.165) is 0 Å². The van der Waals surface area contributed by atoms with E-state index in [9.17, 15) is 4.79 Å². The van der Waals surface area contributed by atoms with E-state index in [1.165, 1.54) is 11.8 Å². The van der Waals surface area contributed by atoms with Crippen molar-refractivity contribution in [1.29, 1.82) is 0 Å². The number of thioether (sulfide) groups is 1. The number of aromatic amines is 1. The number of hydrogen-bond acceptors (Lipinski definition) is 7. The lowest BCUT2D eigenvalue weighted by Crippen LogP contribution is -2.14. The molecule has 1 aromatic carbocycles. The smallest absolute Gasteiger partial charge is 0.236 e. The second kappa shape index (κ2) is 7.58. The number of carbonyl (C=O) groups is 1. The molecule has 0 saturated carbocycles. The monoisotopic (exact) mass is 379 g/mol. The van der Waals surface area contributed by atoms with Gasteiger partial charge in [0.2, 0.25) is 11.1 Å². The Hall–Kier alpha value is -2.52. The number of rotatable bonds is 6. The SMILES string of the molecule is COc1ccc(Cl)cc1-c1nc(SCC(=O)Nc2cc(C)on2)n[nH]1. The van der Waals surface area contributed by atoms with Gasteiger partial charge in [0.15, 0.2) is 11.6 Å². The van der Waals surface area contributed by atoms with Crippen molar-refractivity contribution in [3.8, 4) is 17.1 Å². The molecule has 0 bridgehead atoms. The number of halogens is 1. The predicted octanol–water partition coefficient (Wildman–Crippen LogP) is 3.16. The first-order chi connectivity index (χ1) is 12.0. The quantitative estimate of drug-likeness (QED) is 0.633. The van der Waals surface area contributed by atoms with E-state index in [1.54, 1.807) is 38.3 Å². The maximum Gasteiger partial charge on any atom is 0.236 e. The molecule has 0 spiro atoms. The standard InChI is InChI=1S/C15H14ClN5O3S/c1-8-5-12(21-24-8)17-13(22)7-25-15-18-14(19-20-15)10-6-9(16)3-4-11(10)23-2/h3-6H,7H2,1-2H3,(H,17,21,22)(H,18,19,20). The van der Waals surface area contributed by atoms with Gasteiger partial charge < -0.3 is 14.6 Å². The number of methoxy groups -OCH3 is 1. The first-order valence-electron chi connectivity index (χ1n) is 7.17. The Morgan fingerprint density at radius 2 is 2.28 bits per heavy atom. The molecule has 130 valence electrons. The first kappa shape index (κ1) is 17.3. The van der Waals surface area contributed by atoms with Crippen LogP contribution in [0.4, 0.5) is 5.82 Å². The number of nitrogens with zero attached hydrogens (tertiary/aromatic N) is 3. The fourth-order valence-electron chi connectivity index (χ4n) is 2.03. The van der Waals surface area contributed by atoms with Gasteiger partial charge in [0.25, 0.3) is 0 Å². The van der Waals surface area contributed by atoms with Crippen LogP contribution in [0.25, 0.3) is 11.4 Å². The Morgan fingerprint density at radius 3 is 3.00 bits per heavy atom. The summed E-state index contributed by atoms with van der Waals surface area (Å²) in [7, 11) is 1.56. The number of amides is 1. The van der Waals surface area contributed by atoms with Gasteiger partial charge in [-0.05, 0) is 25.1 Å². The molecule has 0 radical (unpaired) electrons. The number of aryl methyl sites for hydroxylation is 1. The van der Waals surface area contributed by atoms with Gasteiger partial charge in [-0.25, -0.2) is 4.98 Å². The molecule has 3 rings (SSSR count). The summed E-state index contributed by atoms with van der Waals surface area (Å²) in [6.07, 6.45) is 0. The van der Waals surface area contributed by atoms with E-state index in [-0.39, 0.29) is 11.7 Å². The Balaban J connectivity index is 1.64. The van der Waals surface area contributed by atoms with Gasteiger partial charge in [-0.3, -0.25) is 9.89 Å². The largest absolute Gasteiger partial charge is 0.496 e. The van der Waals surface area contributed by atoms with E-state index >= 15 is 0 Å². The minimum atomic E-state index is -0.231. The number of anilines is 1. The molecule has 0 saturated heterocycles. The zero-order chi connectivity index (χ0) is 17.8. The number of hydrogen-bond donors (Lipinski definition) is 2. The Morgan fingerprint density at radius 1 is 1.44 bits per heavy atom. The normalized spacial score (nSPS) is 10.7. The van der Waals surface area contributed by atoms with Crippen molar-refractivity contribution in [3.05, 3.63) is 35.0 Å². The third-order valence-corrected chi connectivity index (χ3v) is 4.19. The summed E-state index contributed by atoms with van der Waals surface area (Å²) in [5.74, 6) is 2.03. The molecule has 2 heterocycles. The Labute approximate surface area is 152 Å². The predicted molar refractivity (Wildman–Crippen MR) is 94.0 cm³/mol. The van der Waals surface area contributed by atoms with Gasteiger partial charge in [-0.15, -0.1) is 5.10 Å². The molecule has 25 heavy (non-hydrogen) atoms. The summed E-state index contributed by atoms with van der Waals surface area (Å²) >= 11 is 7.21. The average Bonchev–Trinajstić information content (AvgIpc) is 3.22. The summed E-state index contributed by atoms with van der Waals surface area (Å²) in [6, 6.07) is 6.85. The van der Waals surface area contributed by atoms with Gasteiger partial charge >= 0.3 is 0 Å². The van der Waals surface area contributed by atoms with E-state index < -0.39 is 0 Å². The Kier molecular flexibility index (Phi) is 5.25. The molecule has 0 atom stereocenters. The first-order valence-corrected chi connectivity index (χ1v) is 8.54. The van der Waals surface area contributed by atoms with Crippen molar-refractivity contribution in [2.75, 3.05) is 18.2 Å². The van der Waals surface area contributed by atoms with E-state index in [2.05, 4.69) is 25.7 Å². The highest BCUT2D eigenvalue weighted by Crippen LogP contribution is 2.31. The molecule has 0 aliphatic heterocycles. The number of carbonyl (C=O) groups excluding carboxylic acids is 1. The fraction of sp³-hybridized carbons (Fsp3) is 0.200. The second-order valence-corrected chi connectivity index (χ2v) is 6.35. The van der Waals surface area contributed by atoms with Crippen LogP contribution in [-0.4, -0.2) is 39.1 Å². The van der Waals surface area contributed by atoms with Crippen molar-refractivity contribution >= 4 is 35.1 Å². The van der Waals surface area contributed by atoms with E-state index in [1.807, 2.05) is 0 Å². The lowest BCUT2D eigenvalue weighted by molar-refractivity contribution is -0.113. The molecule has 10 heteroatoms. The molecule has 2 aromatic heterocycles. The maximum atomic E-state index is 11.9. The van der Waals surface area contributed by atoms with Crippen molar-refractivity contribution < 1.29 is 14.1 Å². The minimum absolute atomic E-state index is 0.135. The van der Waals surface area contributed by atoms with Crippen molar-refractivity contribution in [1.82, 2.24) is 20.3 Å². The summed E-state index contributed by atoms with van der Waals surface area (Å²) in [5.41, 5.74) is 0.692. The maximum absolute atomic E-state index is 11.9. The molecule has 3 aromatic rings. The molecule has 0 aliphatic carbocycles. The van der Waals surface area contributed by atoms with Crippen LogP contribution in [0.2, 0.25) is 5.02 Å². The van der Waals surface area contributed by atoms with Crippen molar-refractivity contribution in [2.24, 2.45) is 0 Å². The van der Waals surface area contributed by atoms with Gasteiger partial charge in [-0.2, -0.15) is 0 Å². The van der Waals surface area contributed by atoms with E-state index in [0.29, 0.717) is 38.9 Å². The summed E-state index contributed by atoms with van der Waals surface area (Å²) in [5, 5.41) is 14.2. The zero-order valence-corrected chi connectivity index (χ0v) is 14.9. The van der Waals surface area contributed by atoms with Crippen molar-refractivity contribution in [3.63, 3.8) is 0 Å². The topological polar surface area (TPSA) is 106 Å². The zero-order valence-electron chi connectivity index (χ0n) is 13.4. The van der Waals surface area contributed by atoms with Crippen LogP contribution in [0, 0.1) is 6.92 Å². The minimum Gasteiger partial charge on any atom is -0.496 e. The van der Waals surface area contributed by atoms with E-state index in [4.69, 9.17) is 20.9 Å². The summed E-state index contributed by atoms with van der Waals surface area (Å²) < 4.78 is 10.2. The number of H-pyrrole nitrogens is 1. The van der Waals surface area contributed by atoms with Crippen LogP contribution >= 0.6 is 23.4 Å². The van der Waals surface area contributed by atoms with Crippen molar-refractivity contribution in [2.45, 2.75) is 12.1 Å². The van der Waals surface area contributed by atoms with Crippen LogP contribution < -0.4 is 10.1 Å². The highest BCUT2D eigenvalue weighted by molar-refractivity contribution is 7.99. The highest BCUT2D eigenvalue weighted by atomic mass is 35.5. The highest BCUT2D eigenvalue weighted by Gasteiger charge is 2.13. The third-order valence-electron chi connectivity index (χ3n) is 3.11. The van der Waals surface area contributed by atoms with Crippen LogP contribution in [0.15, 0.2) is 33.9 Å². The molecular formula is C15H14ClN5O3S. The molecule has 0 aliphatic rings. The van der Waals surface area contributed by atoms with Crippen LogP contribution in [0.1, 0.15) is 5.76 Å². The molecule has 8 nitrogen and oxygen atoms in total. The van der Waals surface area contributed by atoms with Crippen LogP contribution in [-0.2, 0) is 4.79 Å². The summed E-state index contributed by atoms with van der Waals surface area (Å²) in [6.45, 7) is 1.75. The van der Waals surface area contributed by atoms with Gasteiger partial charge in [-0.1, -0.05) is 28.5 Å². The molecular weight excluding hydrogens is 366 g/mol. The number of nitrogens with one attached hydrogen (secondary N) is 2. The van der Waals surface area contributed by atoms with Gasteiger partial charge in [0.05, 0.1) is 18.4 Å². The lowest BCUT2D eigenvalue weighted by atomic mass is 10.2. The number of benzene rings is 1. The van der Waals surface area contributed by atoms with Gasteiger partial charge in [0, 0.05) is 11.1 Å². The summed E-state index contributed by atoms with van der Waals surface area (Å²) in [4.78, 5) is 16.3. The lowest BCUT2D eigenvalue weighted by Gasteiger charge is -2.05. The second-order valence-electron chi connectivity index (χ2n) is 4.97. The van der Waals surface area contributed by atoms with Crippen LogP contribution in [0.3, 0.4) is 0 Å². The number of aromatic nitrogens is 4. The Bertz CT molecular complexity index is 895. The molecule has 0 unspecified atom stereocenters. The molecule has 0 fully saturated rings. The average molecular weight is 380 g/mol. The molecule has 1 amide bonds. The van der Waals surface area contributed by atoms with Crippen LogP contribution in [0.5, 0.6) is 5.75 Å². The molecule has 2 N–H and O–H groups in total. The fourth-order valence-corrected chi connectivity index (χ4v) is 2.80. The van der Waals surface area contributed by atoms with Gasteiger partial charge in [0.1, 0.15) is 11.5 Å². The number of ether oxygens (including phenoxy) is 1.